The molecule has 1 N–H and O–H groups in total. The first-order valence-electron chi connectivity index (χ1n) is 20.8. The summed E-state index contributed by atoms with van der Waals surface area (Å²) in [5, 5.41) is 0. The van der Waals surface area contributed by atoms with Gasteiger partial charge in [0, 0.05) is 13.2 Å². The van der Waals surface area contributed by atoms with Crippen LogP contribution < -0.4 is 0 Å². The van der Waals surface area contributed by atoms with E-state index in [-0.39, 0.29) is 19.3 Å². The molecule has 290 valence electrons. The number of ether oxygens (including phenoxy) is 2. The lowest BCUT2D eigenvalue weighted by atomic mass is 10.0. The van der Waals surface area contributed by atoms with Crippen LogP contribution in [0.3, 0.4) is 0 Å². The molecule has 0 aromatic carbocycles. The van der Waals surface area contributed by atoms with Gasteiger partial charge < -0.3 is 18.9 Å². The molecule has 0 aliphatic heterocycles. The average molecular weight is 707 g/mol. The van der Waals surface area contributed by atoms with E-state index < -0.39 is 7.82 Å². The van der Waals surface area contributed by atoms with E-state index in [0.717, 1.165) is 19.3 Å². The van der Waals surface area contributed by atoms with Crippen molar-refractivity contribution >= 4 is 7.82 Å². The van der Waals surface area contributed by atoms with Crippen LogP contribution in [0.25, 0.3) is 0 Å². The minimum atomic E-state index is -4.13. The predicted molar refractivity (Wildman–Crippen MR) is 206 cm³/mol. The van der Waals surface area contributed by atoms with E-state index in [1.807, 2.05) is 21.1 Å². The van der Waals surface area contributed by atoms with Gasteiger partial charge in [0.2, 0.25) is 0 Å². The van der Waals surface area contributed by atoms with Gasteiger partial charge in [0.15, 0.2) is 0 Å². The molecular formula is C40H85NO6P+. The van der Waals surface area contributed by atoms with E-state index in [1.54, 1.807) is 0 Å². The molecule has 0 bridgehead atoms. The van der Waals surface area contributed by atoms with E-state index in [9.17, 15) is 9.46 Å². The smallest absolute Gasteiger partial charge is 0.379 e. The van der Waals surface area contributed by atoms with Crippen LogP contribution >= 0.6 is 7.82 Å². The summed E-state index contributed by atoms with van der Waals surface area (Å²) in [6, 6.07) is 0. The van der Waals surface area contributed by atoms with Crippen molar-refractivity contribution in [2.75, 3.05) is 60.7 Å². The zero-order chi connectivity index (χ0) is 35.4. The molecule has 2 atom stereocenters. The third-order valence-electron chi connectivity index (χ3n) is 9.24. The number of likely N-dealkylation sites (N-methyl/N-ethyl adjacent to an activating group) is 1. The largest absolute Gasteiger partial charge is 0.472 e. The number of phosphoric ester groups is 1. The normalized spacial score (nSPS) is 14.0. The van der Waals surface area contributed by atoms with Crippen LogP contribution in [-0.2, 0) is 23.1 Å². The fraction of sp³-hybridized carbons (Fsp3) is 1.00. The van der Waals surface area contributed by atoms with Crippen LogP contribution in [0.5, 0.6) is 0 Å². The van der Waals surface area contributed by atoms with E-state index in [4.69, 9.17) is 18.5 Å². The second-order valence-corrected chi connectivity index (χ2v) is 16.8. The quantitative estimate of drug-likeness (QED) is 0.0388. The summed E-state index contributed by atoms with van der Waals surface area (Å²) in [5.74, 6) is 0. The highest BCUT2D eigenvalue weighted by molar-refractivity contribution is 7.47. The molecule has 0 heterocycles. The van der Waals surface area contributed by atoms with Gasteiger partial charge in [-0.2, -0.15) is 0 Å². The Hall–Kier alpha value is -0.0100. The lowest BCUT2D eigenvalue weighted by Gasteiger charge is -2.24. The van der Waals surface area contributed by atoms with Crippen LogP contribution in [0, 0.1) is 0 Å². The number of hydrogen-bond donors (Lipinski definition) is 1. The summed E-state index contributed by atoms with van der Waals surface area (Å²) in [7, 11) is 1.92. The minimum Gasteiger partial charge on any atom is -0.379 e. The monoisotopic (exact) mass is 707 g/mol. The molecule has 0 saturated heterocycles. The summed E-state index contributed by atoms with van der Waals surface area (Å²) in [5.41, 5.74) is 0. The third-order valence-corrected chi connectivity index (χ3v) is 10.2. The molecule has 0 radical (unpaired) electrons. The molecule has 0 spiro atoms. The Kier molecular flexibility index (Phi) is 35.4. The van der Waals surface area contributed by atoms with Crippen molar-refractivity contribution in [2.24, 2.45) is 0 Å². The molecule has 0 amide bonds. The lowest BCUT2D eigenvalue weighted by Crippen LogP contribution is -2.37. The molecule has 0 aliphatic rings. The highest BCUT2D eigenvalue weighted by atomic mass is 31.2. The Labute approximate surface area is 300 Å². The predicted octanol–water partition coefficient (Wildman–Crippen LogP) is 12.2. The van der Waals surface area contributed by atoms with E-state index in [2.05, 4.69) is 13.8 Å². The van der Waals surface area contributed by atoms with Crippen LogP contribution in [-0.4, -0.2) is 76.2 Å². The Morgan fingerprint density at radius 1 is 0.479 bits per heavy atom. The Balaban J connectivity index is 4.08. The fourth-order valence-corrected chi connectivity index (χ4v) is 6.69. The van der Waals surface area contributed by atoms with Gasteiger partial charge >= 0.3 is 7.82 Å². The average Bonchev–Trinajstić information content (AvgIpc) is 3.04. The topological polar surface area (TPSA) is 74.2 Å². The maximum atomic E-state index is 12.4. The van der Waals surface area contributed by atoms with Crippen LogP contribution in [0.4, 0.5) is 0 Å². The van der Waals surface area contributed by atoms with Gasteiger partial charge in [0.05, 0.1) is 34.4 Å². The highest BCUT2D eigenvalue weighted by Crippen LogP contribution is 2.43. The maximum absolute atomic E-state index is 12.4. The summed E-state index contributed by atoms with van der Waals surface area (Å²) in [6.07, 6.45) is 36.8. The summed E-state index contributed by atoms with van der Waals surface area (Å²) >= 11 is 0. The Bertz CT molecular complexity index is 689. The van der Waals surface area contributed by atoms with Crippen molar-refractivity contribution < 1.29 is 32.5 Å². The van der Waals surface area contributed by atoms with E-state index in [0.29, 0.717) is 30.8 Å². The van der Waals surface area contributed by atoms with Gasteiger partial charge in [-0.1, -0.05) is 181 Å². The number of hydrogen-bond acceptors (Lipinski definition) is 5. The molecular weight excluding hydrogens is 621 g/mol. The van der Waals surface area contributed by atoms with Crippen molar-refractivity contribution in [3.8, 4) is 0 Å². The van der Waals surface area contributed by atoms with Crippen molar-refractivity contribution in [3.05, 3.63) is 0 Å². The van der Waals surface area contributed by atoms with Gasteiger partial charge in [0.1, 0.15) is 19.3 Å². The molecule has 8 heteroatoms. The second-order valence-electron chi connectivity index (χ2n) is 15.4. The van der Waals surface area contributed by atoms with E-state index in [1.165, 1.54) is 161 Å². The molecule has 0 rings (SSSR count). The summed E-state index contributed by atoms with van der Waals surface area (Å²) in [4.78, 5) is 10.2. The van der Waals surface area contributed by atoms with Crippen LogP contribution in [0.15, 0.2) is 0 Å². The molecule has 0 aliphatic carbocycles. The minimum absolute atomic E-state index is 0.00447. The van der Waals surface area contributed by atoms with Crippen LogP contribution in [0.2, 0.25) is 0 Å². The van der Waals surface area contributed by atoms with Crippen LogP contribution in [0.1, 0.15) is 194 Å². The Morgan fingerprint density at radius 3 is 1.21 bits per heavy atom. The summed E-state index contributed by atoms with van der Waals surface area (Å²) in [6.45, 7) is 7.01. The molecule has 0 aromatic rings. The fourth-order valence-electron chi connectivity index (χ4n) is 5.95. The van der Waals surface area contributed by atoms with E-state index >= 15 is 0 Å². The number of rotatable bonds is 40. The first-order valence-corrected chi connectivity index (χ1v) is 22.3. The zero-order valence-electron chi connectivity index (χ0n) is 33.0. The third kappa shape index (κ3) is 38.8. The number of quaternary nitrogens is 1. The number of nitrogens with zero attached hydrogens (tertiary/aromatic N) is 1. The van der Waals surface area contributed by atoms with Gasteiger partial charge in [0.25, 0.3) is 0 Å². The number of unbranched alkanes of at least 4 members (excludes halogenated alkanes) is 26. The lowest BCUT2D eigenvalue weighted by molar-refractivity contribution is -0.870. The van der Waals surface area contributed by atoms with Crippen molar-refractivity contribution in [2.45, 2.75) is 200 Å². The Morgan fingerprint density at radius 2 is 0.833 bits per heavy atom. The second kappa shape index (κ2) is 35.4. The van der Waals surface area contributed by atoms with Gasteiger partial charge in [-0.25, -0.2) is 4.57 Å². The van der Waals surface area contributed by atoms with Crippen molar-refractivity contribution in [1.29, 1.82) is 0 Å². The number of phosphoric acid groups is 1. The molecule has 0 saturated carbocycles. The van der Waals surface area contributed by atoms with Gasteiger partial charge in [-0.05, 0) is 12.8 Å². The zero-order valence-corrected chi connectivity index (χ0v) is 33.9. The molecule has 1 unspecified atom stereocenters. The molecule has 0 aromatic heterocycles. The van der Waals surface area contributed by atoms with Gasteiger partial charge in [-0.3, -0.25) is 9.05 Å². The first kappa shape index (κ1) is 48.0. The van der Waals surface area contributed by atoms with Crippen molar-refractivity contribution in [1.82, 2.24) is 0 Å². The molecule has 7 nitrogen and oxygen atoms in total. The SMILES string of the molecule is CCCCCCCCCCCCCCCCOC[C@H](COP(=O)(O)OCC[N+](C)(C)C)OCCCCCCCCCCCCCCCC. The molecule has 48 heavy (non-hydrogen) atoms. The highest BCUT2D eigenvalue weighted by Gasteiger charge is 2.25. The standard InChI is InChI=1S/C40H84NO6P/c1-6-8-10-12-14-16-18-20-22-24-26-28-30-32-35-44-38-40(39-47-48(42,43)46-37-34-41(3,4)5)45-36-33-31-29-27-25-23-21-19-17-15-13-11-9-7-2/h40H,6-39H2,1-5H3/p+1/t40-/m1/s1. The van der Waals surface area contributed by atoms with Gasteiger partial charge in [-0.15, -0.1) is 0 Å². The molecule has 0 fully saturated rings. The first-order chi connectivity index (χ1) is 23.2. The maximum Gasteiger partial charge on any atom is 0.472 e. The van der Waals surface area contributed by atoms with Crippen molar-refractivity contribution in [3.63, 3.8) is 0 Å². The summed E-state index contributed by atoms with van der Waals surface area (Å²) < 4.78 is 35.7.